The van der Waals surface area contributed by atoms with E-state index in [1.54, 1.807) is 6.20 Å². The van der Waals surface area contributed by atoms with Crippen molar-refractivity contribution in [1.82, 2.24) is 19.7 Å². The number of aromatic nitrogens is 3. The fourth-order valence-electron chi connectivity index (χ4n) is 5.44. The van der Waals surface area contributed by atoms with Gasteiger partial charge in [-0.25, -0.2) is 4.39 Å². The molecule has 150 valence electrons. The molecule has 5 nitrogen and oxygen atoms in total. The molecule has 3 heterocycles. The van der Waals surface area contributed by atoms with Gasteiger partial charge < -0.3 is 4.74 Å². The van der Waals surface area contributed by atoms with Gasteiger partial charge in [0, 0.05) is 55.2 Å². The van der Waals surface area contributed by atoms with Crippen molar-refractivity contribution in [3.63, 3.8) is 0 Å². The second kappa shape index (κ2) is 7.23. The minimum atomic E-state index is -0.314. The van der Waals surface area contributed by atoms with E-state index >= 15 is 0 Å². The minimum absolute atomic E-state index is 0.296. The maximum atomic E-state index is 13.6. The lowest BCUT2D eigenvalue weighted by Crippen LogP contribution is -2.36. The minimum Gasteiger partial charge on any atom is -0.380 e. The zero-order valence-corrected chi connectivity index (χ0v) is 16.7. The van der Waals surface area contributed by atoms with Gasteiger partial charge in [0.05, 0.1) is 18.5 Å². The number of fused-ring (bicyclic) bond motifs is 1. The number of hydrogen-bond donors (Lipinski definition) is 0. The fraction of sp³-hybridized carbons (Fsp3) is 0.636. The van der Waals surface area contributed by atoms with E-state index in [2.05, 4.69) is 34.5 Å². The normalized spacial score (nSPS) is 30.4. The van der Waals surface area contributed by atoms with Crippen LogP contribution in [0.5, 0.6) is 0 Å². The predicted octanol–water partition coefficient (Wildman–Crippen LogP) is 3.88. The first kappa shape index (κ1) is 18.3. The molecule has 5 rings (SSSR count). The molecule has 28 heavy (non-hydrogen) atoms. The standard InChI is InChI=1S/C22H29FN4O/c1-14(2)27-21(11-20(25-27)15-8-16(23)13-24-12-15)22-18-9-17(10-19(18)22)26-4-3-6-28-7-5-26/h8,11-14,17-19,22H,3-7,9-10H2,1-2H3. The topological polar surface area (TPSA) is 43.2 Å². The van der Waals surface area contributed by atoms with Crippen LogP contribution in [0.25, 0.3) is 11.3 Å². The molecule has 2 aliphatic carbocycles. The first-order valence-corrected chi connectivity index (χ1v) is 10.6. The highest BCUT2D eigenvalue weighted by molar-refractivity contribution is 5.58. The van der Waals surface area contributed by atoms with Gasteiger partial charge in [0.25, 0.3) is 0 Å². The smallest absolute Gasteiger partial charge is 0.142 e. The third-order valence-electron chi connectivity index (χ3n) is 6.79. The lowest BCUT2D eigenvalue weighted by molar-refractivity contribution is 0.129. The lowest BCUT2D eigenvalue weighted by atomic mass is 10.0. The Hall–Kier alpha value is -1.79. The quantitative estimate of drug-likeness (QED) is 0.802. The third kappa shape index (κ3) is 3.26. The molecular weight excluding hydrogens is 355 g/mol. The highest BCUT2D eigenvalue weighted by atomic mass is 19.1. The average molecular weight is 384 g/mol. The summed E-state index contributed by atoms with van der Waals surface area (Å²) in [6.45, 7) is 8.37. The molecule has 2 saturated carbocycles. The molecule has 0 radical (unpaired) electrons. The maximum absolute atomic E-state index is 13.6. The highest BCUT2D eigenvalue weighted by Gasteiger charge is 2.58. The Morgan fingerprint density at radius 2 is 1.93 bits per heavy atom. The Morgan fingerprint density at radius 1 is 1.11 bits per heavy atom. The number of pyridine rings is 1. The van der Waals surface area contributed by atoms with Gasteiger partial charge in [-0.1, -0.05) is 0 Å². The number of halogens is 1. The van der Waals surface area contributed by atoms with Crippen LogP contribution in [0.4, 0.5) is 4.39 Å². The van der Waals surface area contributed by atoms with Gasteiger partial charge in [-0.3, -0.25) is 14.6 Å². The van der Waals surface area contributed by atoms with E-state index in [9.17, 15) is 4.39 Å². The van der Waals surface area contributed by atoms with Crippen LogP contribution in [0.3, 0.4) is 0 Å². The summed E-state index contributed by atoms with van der Waals surface area (Å²) in [4.78, 5) is 6.64. The van der Waals surface area contributed by atoms with Gasteiger partial charge in [-0.05, 0) is 57.1 Å². The third-order valence-corrected chi connectivity index (χ3v) is 6.79. The Bertz CT molecular complexity index is 831. The summed E-state index contributed by atoms with van der Waals surface area (Å²) in [5.74, 6) is 1.82. The first-order valence-electron chi connectivity index (χ1n) is 10.6. The lowest BCUT2D eigenvalue weighted by Gasteiger charge is -2.28. The van der Waals surface area contributed by atoms with Crippen molar-refractivity contribution >= 4 is 0 Å². The molecule has 3 aliphatic rings. The van der Waals surface area contributed by atoms with Crippen LogP contribution in [-0.2, 0) is 4.74 Å². The number of hydrogen-bond acceptors (Lipinski definition) is 4. The molecule has 0 spiro atoms. The van der Waals surface area contributed by atoms with Crippen LogP contribution in [0, 0.1) is 17.7 Å². The summed E-state index contributed by atoms with van der Waals surface area (Å²) in [5.41, 5.74) is 2.91. The Kier molecular flexibility index (Phi) is 4.71. The molecule has 0 aromatic carbocycles. The van der Waals surface area contributed by atoms with Crippen molar-refractivity contribution in [3.8, 4) is 11.3 Å². The monoisotopic (exact) mass is 384 g/mol. The highest BCUT2D eigenvalue weighted by Crippen LogP contribution is 2.64. The molecule has 0 amide bonds. The van der Waals surface area contributed by atoms with Crippen LogP contribution in [0.2, 0.25) is 0 Å². The van der Waals surface area contributed by atoms with Crippen molar-refractivity contribution in [1.29, 1.82) is 0 Å². The molecule has 1 aliphatic heterocycles. The van der Waals surface area contributed by atoms with E-state index in [1.165, 1.54) is 37.3 Å². The van der Waals surface area contributed by atoms with Crippen molar-refractivity contribution in [2.75, 3.05) is 26.3 Å². The Morgan fingerprint density at radius 3 is 2.68 bits per heavy atom. The largest absolute Gasteiger partial charge is 0.380 e. The summed E-state index contributed by atoms with van der Waals surface area (Å²) in [6, 6.07) is 4.71. The zero-order valence-electron chi connectivity index (χ0n) is 16.7. The van der Waals surface area contributed by atoms with E-state index in [0.29, 0.717) is 12.0 Å². The molecule has 2 atom stereocenters. The van der Waals surface area contributed by atoms with E-state index in [-0.39, 0.29) is 5.82 Å². The molecular formula is C22H29FN4O. The average Bonchev–Trinajstić information content (AvgIpc) is 3.01. The van der Waals surface area contributed by atoms with Crippen LogP contribution < -0.4 is 0 Å². The van der Waals surface area contributed by atoms with Gasteiger partial charge in [-0.2, -0.15) is 5.10 Å². The molecule has 2 aromatic heterocycles. The van der Waals surface area contributed by atoms with Gasteiger partial charge in [0.1, 0.15) is 5.82 Å². The van der Waals surface area contributed by atoms with Crippen LogP contribution >= 0.6 is 0 Å². The number of nitrogens with zero attached hydrogens (tertiary/aromatic N) is 4. The van der Waals surface area contributed by atoms with E-state index < -0.39 is 0 Å². The van der Waals surface area contributed by atoms with Crippen LogP contribution in [0.15, 0.2) is 24.5 Å². The summed E-state index contributed by atoms with van der Waals surface area (Å²) >= 11 is 0. The SMILES string of the molecule is CC(C)n1nc(-c2cncc(F)c2)cc1C1C2CC(N3CCCOCC3)CC21. The summed E-state index contributed by atoms with van der Waals surface area (Å²) in [7, 11) is 0. The van der Waals surface area contributed by atoms with Gasteiger partial charge in [0.15, 0.2) is 0 Å². The summed E-state index contributed by atoms with van der Waals surface area (Å²) in [6.07, 6.45) is 6.67. The first-order chi connectivity index (χ1) is 13.6. The van der Waals surface area contributed by atoms with Crippen molar-refractivity contribution in [2.45, 2.75) is 51.1 Å². The summed E-state index contributed by atoms with van der Waals surface area (Å²) in [5, 5.41) is 4.81. The Labute approximate surface area is 165 Å². The molecule has 6 heteroatoms. The van der Waals surface area contributed by atoms with Crippen LogP contribution in [-0.4, -0.2) is 52.0 Å². The van der Waals surface area contributed by atoms with Crippen molar-refractivity contribution in [2.24, 2.45) is 11.8 Å². The molecule has 0 N–H and O–H groups in total. The predicted molar refractivity (Wildman–Crippen MR) is 106 cm³/mol. The Balaban J connectivity index is 1.34. The van der Waals surface area contributed by atoms with Crippen molar-refractivity contribution < 1.29 is 9.13 Å². The van der Waals surface area contributed by atoms with Gasteiger partial charge >= 0.3 is 0 Å². The number of rotatable bonds is 4. The van der Waals surface area contributed by atoms with Crippen LogP contribution in [0.1, 0.15) is 50.8 Å². The van der Waals surface area contributed by atoms with Gasteiger partial charge in [-0.15, -0.1) is 0 Å². The van der Waals surface area contributed by atoms with E-state index in [0.717, 1.165) is 55.3 Å². The molecule has 2 aromatic rings. The second-order valence-electron chi connectivity index (χ2n) is 8.87. The second-order valence-corrected chi connectivity index (χ2v) is 8.87. The molecule has 3 fully saturated rings. The van der Waals surface area contributed by atoms with E-state index in [1.807, 2.05) is 0 Å². The molecule has 0 bridgehead atoms. The maximum Gasteiger partial charge on any atom is 0.142 e. The molecule has 2 unspecified atom stereocenters. The van der Waals surface area contributed by atoms with E-state index in [4.69, 9.17) is 9.84 Å². The molecule has 1 saturated heterocycles. The van der Waals surface area contributed by atoms with Crippen molar-refractivity contribution in [3.05, 3.63) is 36.0 Å². The fourth-order valence-corrected chi connectivity index (χ4v) is 5.44. The van der Waals surface area contributed by atoms with Gasteiger partial charge in [0.2, 0.25) is 0 Å². The summed E-state index contributed by atoms with van der Waals surface area (Å²) < 4.78 is 21.4. The zero-order chi connectivity index (χ0) is 19.3. The number of ether oxygens (including phenoxy) is 1.